The standard InChI is InChI=1S/C15H15ClN2O2/c16-11-3-1-10(2-4-11)8-18-13-7-12(17)5-6-14(13)20-9-15(18)19/h1-7,13-14H,8-9,17H2. The summed E-state index contributed by atoms with van der Waals surface area (Å²) in [6.07, 6.45) is 5.48. The minimum absolute atomic E-state index is 0.0273. The molecule has 2 aliphatic rings. The van der Waals surface area contributed by atoms with Gasteiger partial charge in [0.05, 0.1) is 6.04 Å². The van der Waals surface area contributed by atoms with Crippen molar-refractivity contribution in [3.8, 4) is 0 Å². The fourth-order valence-electron chi connectivity index (χ4n) is 2.49. The Morgan fingerprint density at radius 3 is 2.85 bits per heavy atom. The highest BCUT2D eigenvalue weighted by molar-refractivity contribution is 6.30. The molecule has 5 heteroatoms. The lowest BCUT2D eigenvalue weighted by molar-refractivity contribution is -0.151. The number of hydrogen-bond acceptors (Lipinski definition) is 3. The number of morpholine rings is 1. The van der Waals surface area contributed by atoms with E-state index >= 15 is 0 Å². The number of ether oxygens (including phenoxy) is 1. The summed E-state index contributed by atoms with van der Waals surface area (Å²) in [6.45, 7) is 0.630. The predicted molar refractivity (Wildman–Crippen MR) is 76.9 cm³/mol. The molecule has 1 amide bonds. The SMILES string of the molecule is NC1=CC2C(C=C1)OCC(=O)N2Cc1ccc(Cl)cc1. The van der Waals surface area contributed by atoms with E-state index in [1.165, 1.54) is 0 Å². The lowest BCUT2D eigenvalue weighted by Gasteiger charge is -2.40. The number of rotatable bonds is 2. The van der Waals surface area contributed by atoms with Gasteiger partial charge in [-0.25, -0.2) is 0 Å². The molecule has 1 aromatic carbocycles. The van der Waals surface area contributed by atoms with Crippen molar-refractivity contribution in [1.29, 1.82) is 0 Å². The van der Waals surface area contributed by atoms with Crippen molar-refractivity contribution in [2.24, 2.45) is 5.73 Å². The van der Waals surface area contributed by atoms with Gasteiger partial charge in [0.2, 0.25) is 5.91 Å². The Labute approximate surface area is 122 Å². The van der Waals surface area contributed by atoms with E-state index in [4.69, 9.17) is 22.1 Å². The second-order valence-corrected chi connectivity index (χ2v) is 5.38. The first kappa shape index (κ1) is 13.2. The van der Waals surface area contributed by atoms with E-state index in [1.54, 1.807) is 4.90 Å². The number of amides is 1. The Hall–Kier alpha value is -1.78. The molecular weight excluding hydrogens is 276 g/mol. The van der Waals surface area contributed by atoms with Crippen LogP contribution in [0.2, 0.25) is 5.02 Å². The molecule has 104 valence electrons. The second kappa shape index (κ2) is 5.31. The zero-order valence-corrected chi connectivity index (χ0v) is 11.6. The number of benzene rings is 1. The molecule has 1 heterocycles. The number of halogens is 1. The average Bonchev–Trinajstić information content (AvgIpc) is 2.44. The largest absolute Gasteiger partial charge is 0.399 e. The molecule has 0 spiro atoms. The maximum absolute atomic E-state index is 12.1. The highest BCUT2D eigenvalue weighted by Crippen LogP contribution is 2.24. The summed E-state index contributed by atoms with van der Waals surface area (Å²) in [7, 11) is 0. The van der Waals surface area contributed by atoms with Crippen LogP contribution in [0.5, 0.6) is 0 Å². The van der Waals surface area contributed by atoms with Crippen molar-refractivity contribution in [2.75, 3.05) is 6.61 Å². The minimum Gasteiger partial charge on any atom is -0.399 e. The first-order valence-electron chi connectivity index (χ1n) is 6.44. The monoisotopic (exact) mass is 290 g/mol. The van der Waals surface area contributed by atoms with Crippen LogP contribution in [0.1, 0.15) is 5.56 Å². The molecule has 4 nitrogen and oxygen atoms in total. The molecule has 2 atom stereocenters. The molecule has 0 aromatic heterocycles. The van der Waals surface area contributed by atoms with Gasteiger partial charge in [-0.1, -0.05) is 29.8 Å². The highest BCUT2D eigenvalue weighted by Gasteiger charge is 2.35. The molecule has 20 heavy (non-hydrogen) atoms. The van der Waals surface area contributed by atoms with Gasteiger partial charge in [-0.2, -0.15) is 0 Å². The molecule has 1 saturated heterocycles. The van der Waals surface area contributed by atoms with Crippen molar-refractivity contribution < 1.29 is 9.53 Å². The molecule has 0 radical (unpaired) electrons. The third-order valence-corrected chi connectivity index (χ3v) is 3.78. The second-order valence-electron chi connectivity index (χ2n) is 4.94. The Morgan fingerprint density at radius 1 is 1.35 bits per heavy atom. The number of allylic oxidation sites excluding steroid dienone is 1. The van der Waals surface area contributed by atoms with Crippen LogP contribution in [0.3, 0.4) is 0 Å². The topological polar surface area (TPSA) is 55.6 Å². The van der Waals surface area contributed by atoms with Gasteiger partial charge in [0.25, 0.3) is 0 Å². The molecule has 2 unspecified atom stereocenters. The van der Waals surface area contributed by atoms with Crippen LogP contribution < -0.4 is 5.73 Å². The van der Waals surface area contributed by atoms with Gasteiger partial charge < -0.3 is 15.4 Å². The van der Waals surface area contributed by atoms with Crippen LogP contribution in [0.25, 0.3) is 0 Å². The van der Waals surface area contributed by atoms with Gasteiger partial charge >= 0.3 is 0 Å². The minimum atomic E-state index is -0.142. The van der Waals surface area contributed by atoms with Crippen molar-refractivity contribution in [1.82, 2.24) is 4.90 Å². The van der Waals surface area contributed by atoms with Gasteiger partial charge in [0.1, 0.15) is 12.7 Å². The van der Waals surface area contributed by atoms with Crippen LogP contribution >= 0.6 is 11.6 Å². The van der Waals surface area contributed by atoms with Gasteiger partial charge in [-0.3, -0.25) is 4.79 Å². The number of fused-ring (bicyclic) bond motifs is 1. The molecule has 3 rings (SSSR count). The van der Waals surface area contributed by atoms with Crippen LogP contribution in [-0.2, 0) is 16.1 Å². The van der Waals surface area contributed by atoms with Crippen molar-refractivity contribution in [2.45, 2.75) is 18.7 Å². The maximum atomic E-state index is 12.1. The van der Waals surface area contributed by atoms with E-state index in [0.29, 0.717) is 17.3 Å². The fourth-order valence-corrected chi connectivity index (χ4v) is 2.61. The zero-order valence-electron chi connectivity index (χ0n) is 10.8. The highest BCUT2D eigenvalue weighted by atomic mass is 35.5. The molecule has 1 fully saturated rings. The third kappa shape index (κ3) is 2.57. The van der Waals surface area contributed by atoms with Gasteiger partial charge in [-0.15, -0.1) is 0 Å². The van der Waals surface area contributed by atoms with E-state index in [-0.39, 0.29) is 24.7 Å². The summed E-state index contributed by atoms with van der Waals surface area (Å²) in [5.74, 6) is -0.0273. The predicted octanol–water partition coefficient (Wildman–Crippen LogP) is 1.85. The average molecular weight is 291 g/mol. The first-order valence-corrected chi connectivity index (χ1v) is 6.82. The smallest absolute Gasteiger partial charge is 0.249 e. The van der Waals surface area contributed by atoms with Crippen LogP contribution in [0, 0.1) is 0 Å². The summed E-state index contributed by atoms with van der Waals surface area (Å²) in [5, 5.41) is 0.685. The molecule has 1 aliphatic heterocycles. The molecular formula is C15H15ClN2O2. The Bertz CT molecular complexity index is 580. The van der Waals surface area contributed by atoms with E-state index in [0.717, 1.165) is 5.56 Å². The Morgan fingerprint density at radius 2 is 2.10 bits per heavy atom. The molecule has 1 aliphatic carbocycles. The zero-order chi connectivity index (χ0) is 14.1. The summed E-state index contributed by atoms with van der Waals surface area (Å²) in [5.41, 5.74) is 7.52. The van der Waals surface area contributed by atoms with E-state index in [9.17, 15) is 4.79 Å². The summed E-state index contributed by atoms with van der Waals surface area (Å²) < 4.78 is 5.53. The van der Waals surface area contributed by atoms with Gasteiger partial charge in [-0.05, 0) is 29.8 Å². The maximum Gasteiger partial charge on any atom is 0.249 e. The van der Waals surface area contributed by atoms with Crippen LogP contribution in [0.15, 0.2) is 48.2 Å². The van der Waals surface area contributed by atoms with Crippen molar-refractivity contribution >= 4 is 17.5 Å². The summed E-state index contributed by atoms with van der Waals surface area (Å²) in [6, 6.07) is 7.35. The van der Waals surface area contributed by atoms with Gasteiger partial charge in [0, 0.05) is 17.3 Å². The van der Waals surface area contributed by atoms with Crippen molar-refractivity contribution in [3.05, 3.63) is 58.8 Å². The lowest BCUT2D eigenvalue weighted by atomic mass is 9.99. The molecule has 0 saturated carbocycles. The van der Waals surface area contributed by atoms with E-state index in [2.05, 4.69) is 0 Å². The number of nitrogens with zero attached hydrogens (tertiary/aromatic N) is 1. The first-order chi connectivity index (χ1) is 9.63. The Balaban J connectivity index is 1.83. The quantitative estimate of drug-likeness (QED) is 0.904. The number of hydrogen-bond donors (Lipinski definition) is 1. The number of carbonyl (C=O) groups excluding carboxylic acids is 1. The normalized spacial score (nSPS) is 25.4. The molecule has 1 aromatic rings. The molecule has 2 N–H and O–H groups in total. The summed E-state index contributed by atoms with van der Waals surface area (Å²) >= 11 is 5.88. The summed E-state index contributed by atoms with van der Waals surface area (Å²) in [4.78, 5) is 13.9. The number of nitrogens with two attached hydrogens (primary N) is 1. The van der Waals surface area contributed by atoms with E-state index in [1.807, 2.05) is 42.5 Å². The number of carbonyl (C=O) groups is 1. The third-order valence-electron chi connectivity index (χ3n) is 3.52. The molecule has 0 bridgehead atoms. The van der Waals surface area contributed by atoms with Gasteiger partial charge in [0.15, 0.2) is 0 Å². The van der Waals surface area contributed by atoms with Crippen LogP contribution in [0.4, 0.5) is 0 Å². The van der Waals surface area contributed by atoms with Crippen molar-refractivity contribution in [3.63, 3.8) is 0 Å². The lowest BCUT2D eigenvalue weighted by Crippen LogP contribution is -2.53. The Kier molecular flexibility index (Phi) is 3.51. The fraction of sp³-hybridized carbons (Fsp3) is 0.267. The van der Waals surface area contributed by atoms with E-state index < -0.39 is 0 Å². The van der Waals surface area contributed by atoms with Crippen LogP contribution in [-0.4, -0.2) is 29.6 Å².